The number of aromatic nitrogens is 4. The first-order valence-corrected chi connectivity index (χ1v) is 7.54. The Hall–Kier alpha value is -1.64. The number of ether oxygens (including phenoxy) is 1. The molecule has 0 aliphatic carbocycles. The van der Waals surface area contributed by atoms with Gasteiger partial charge in [-0.25, -0.2) is 14.9 Å². The molecule has 0 saturated carbocycles. The summed E-state index contributed by atoms with van der Waals surface area (Å²) in [6.07, 6.45) is 1.82. The minimum atomic E-state index is -0.195. The second kappa shape index (κ2) is 7.96. The molecule has 0 saturated heterocycles. The van der Waals surface area contributed by atoms with Gasteiger partial charge in [-0.1, -0.05) is 6.07 Å². The minimum absolute atomic E-state index is 0.195. The third kappa shape index (κ3) is 4.42. The van der Waals surface area contributed by atoms with Gasteiger partial charge in [0.2, 0.25) is 0 Å². The van der Waals surface area contributed by atoms with Crippen molar-refractivity contribution in [3.63, 3.8) is 0 Å². The second-order valence-electron chi connectivity index (χ2n) is 4.33. The Morgan fingerprint density at radius 1 is 1.48 bits per heavy atom. The van der Waals surface area contributed by atoms with Gasteiger partial charge in [0.1, 0.15) is 5.03 Å². The van der Waals surface area contributed by atoms with Gasteiger partial charge in [-0.05, 0) is 30.3 Å². The fourth-order valence-corrected chi connectivity index (χ4v) is 2.58. The SMILES string of the molecule is CCn1c(Sc2ccc(CNCCOC)cn2)n[nH]c1=O. The van der Waals surface area contributed by atoms with E-state index in [9.17, 15) is 4.79 Å². The number of aromatic amines is 1. The number of hydrogen-bond acceptors (Lipinski definition) is 6. The van der Waals surface area contributed by atoms with Crippen molar-refractivity contribution >= 4 is 11.8 Å². The zero-order valence-electron chi connectivity index (χ0n) is 12.1. The summed E-state index contributed by atoms with van der Waals surface area (Å²) in [6.45, 7) is 4.74. The van der Waals surface area contributed by atoms with E-state index in [1.54, 1.807) is 11.7 Å². The van der Waals surface area contributed by atoms with Crippen LogP contribution in [0.15, 0.2) is 33.3 Å². The smallest absolute Gasteiger partial charge is 0.343 e. The van der Waals surface area contributed by atoms with E-state index in [1.807, 2.05) is 25.3 Å². The summed E-state index contributed by atoms with van der Waals surface area (Å²) in [7, 11) is 1.68. The van der Waals surface area contributed by atoms with E-state index in [4.69, 9.17) is 4.74 Å². The van der Waals surface area contributed by atoms with Crippen LogP contribution in [0.4, 0.5) is 0 Å². The molecule has 2 aromatic rings. The first-order chi connectivity index (χ1) is 10.2. The predicted molar refractivity (Wildman–Crippen MR) is 80.5 cm³/mol. The van der Waals surface area contributed by atoms with Crippen molar-refractivity contribution < 1.29 is 4.74 Å². The molecule has 2 N–H and O–H groups in total. The number of rotatable bonds is 8. The van der Waals surface area contributed by atoms with Crippen molar-refractivity contribution in [3.8, 4) is 0 Å². The highest BCUT2D eigenvalue weighted by atomic mass is 32.2. The fourth-order valence-electron chi connectivity index (χ4n) is 1.74. The number of pyridine rings is 1. The van der Waals surface area contributed by atoms with Crippen molar-refractivity contribution in [1.82, 2.24) is 25.1 Å². The molecule has 2 aromatic heterocycles. The van der Waals surface area contributed by atoms with Crippen LogP contribution in [-0.4, -0.2) is 40.0 Å². The lowest BCUT2D eigenvalue weighted by molar-refractivity contribution is 0.199. The lowest BCUT2D eigenvalue weighted by Crippen LogP contribution is -2.18. The van der Waals surface area contributed by atoms with E-state index in [0.29, 0.717) is 18.3 Å². The predicted octanol–water partition coefficient (Wildman–Crippen LogP) is 0.873. The fraction of sp³-hybridized carbons (Fsp3) is 0.462. The van der Waals surface area contributed by atoms with E-state index in [2.05, 4.69) is 20.5 Å². The summed E-state index contributed by atoms with van der Waals surface area (Å²) >= 11 is 1.37. The maximum atomic E-state index is 11.5. The summed E-state index contributed by atoms with van der Waals surface area (Å²) in [5, 5.41) is 11.1. The molecule has 0 bridgehead atoms. The second-order valence-corrected chi connectivity index (χ2v) is 5.32. The van der Waals surface area contributed by atoms with Crippen LogP contribution in [0.25, 0.3) is 0 Å². The lowest BCUT2D eigenvalue weighted by atomic mass is 10.3. The van der Waals surface area contributed by atoms with Gasteiger partial charge in [0.25, 0.3) is 0 Å². The third-order valence-corrected chi connectivity index (χ3v) is 3.79. The molecular weight excluding hydrogens is 290 g/mol. The zero-order valence-corrected chi connectivity index (χ0v) is 12.9. The summed E-state index contributed by atoms with van der Waals surface area (Å²) in [4.78, 5) is 15.9. The average Bonchev–Trinajstić information content (AvgIpc) is 2.85. The molecule has 0 atom stereocenters. The van der Waals surface area contributed by atoms with E-state index >= 15 is 0 Å². The first kappa shape index (κ1) is 15.7. The van der Waals surface area contributed by atoms with Crippen molar-refractivity contribution in [2.75, 3.05) is 20.3 Å². The Labute approximate surface area is 127 Å². The lowest BCUT2D eigenvalue weighted by Gasteiger charge is -2.05. The van der Waals surface area contributed by atoms with E-state index in [-0.39, 0.29) is 5.69 Å². The van der Waals surface area contributed by atoms with Crippen LogP contribution in [0.2, 0.25) is 0 Å². The highest BCUT2D eigenvalue weighted by molar-refractivity contribution is 7.99. The van der Waals surface area contributed by atoms with Crippen LogP contribution in [-0.2, 0) is 17.8 Å². The van der Waals surface area contributed by atoms with Crippen LogP contribution >= 0.6 is 11.8 Å². The Bertz CT molecular complexity index is 608. The van der Waals surface area contributed by atoms with Crippen molar-refractivity contribution in [3.05, 3.63) is 34.4 Å². The molecule has 21 heavy (non-hydrogen) atoms. The molecular formula is C13H19N5O2S. The number of hydrogen-bond donors (Lipinski definition) is 2. The molecule has 0 spiro atoms. The van der Waals surface area contributed by atoms with Crippen molar-refractivity contribution in [2.45, 2.75) is 30.2 Å². The first-order valence-electron chi connectivity index (χ1n) is 6.72. The van der Waals surface area contributed by atoms with Gasteiger partial charge >= 0.3 is 5.69 Å². The molecule has 0 aliphatic heterocycles. The Kier molecular flexibility index (Phi) is 5.97. The van der Waals surface area contributed by atoms with Gasteiger partial charge < -0.3 is 10.1 Å². The molecule has 0 radical (unpaired) electrons. The number of methoxy groups -OCH3 is 1. The van der Waals surface area contributed by atoms with E-state index < -0.39 is 0 Å². The monoisotopic (exact) mass is 309 g/mol. The van der Waals surface area contributed by atoms with Crippen LogP contribution in [0.5, 0.6) is 0 Å². The topological polar surface area (TPSA) is 84.8 Å². The molecule has 0 aromatic carbocycles. The quantitative estimate of drug-likeness (QED) is 0.704. The summed E-state index contributed by atoms with van der Waals surface area (Å²) in [5.41, 5.74) is 0.907. The maximum absolute atomic E-state index is 11.5. The largest absolute Gasteiger partial charge is 0.383 e. The third-order valence-electron chi connectivity index (χ3n) is 2.85. The van der Waals surface area contributed by atoms with Crippen molar-refractivity contribution in [1.29, 1.82) is 0 Å². The van der Waals surface area contributed by atoms with Gasteiger partial charge in [-0.3, -0.25) is 4.57 Å². The highest BCUT2D eigenvalue weighted by Crippen LogP contribution is 2.22. The molecule has 7 nitrogen and oxygen atoms in total. The van der Waals surface area contributed by atoms with Gasteiger partial charge in [0, 0.05) is 32.9 Å². The number of nitrogens with one attached hydrogen (secondary N) is 2. The maximum Gasteiger partial charge on any atom is 0.343 e. The molecule has 0 amide bonds. The summed E-state index contributed by atoms with van der Waals surface area (Å²) in [5.74, 6) is 0. The molecule has 8 heteroatoms. The molecule has 2 rings (SSSR count). The Morgan fingerprint density at radius 2 is 2.33 bits per heavy atom. The summed E-state index contributed by atoms with van der Waals surface area (Å²) in [6, 6.07) is 3.94. The van der Waals surface area contributed by atoms with Crippen LogP contribution in [0.3, 0.4) is 0 Å². The molecule has 0 unspecified atom stereocenters. The van der Waals surface area contributed by atoms with Gasteiger partial charge in [0.15, 0.2) is 5.16 Å². The van der Waals surface area contributed by atoms with Gasteiger partial charge in [-0.15, -0.1) is 5.10 Å². The molecule has 0 fully saturated rings. The van der Waals surface area contributed by atoms with Gasteiger partial charge in [0.05, 0.1) is 6.61 Å². The summed E-state index contributed by atoms with van der Waals surface area (Å²) < 4.78 is 6.55. The van der Waals surface area contributed by atoms with Crippen LogP contribution in [0.1, 0.15) is 12.5 Å². The molecule has 0 aliphatic rings. The Morgan fingerprint density at radius 3 is 3.00 bits per heavy atom. The molecule has 114 valence electrons. The Balaban J connectivity index is 1.94. The van der Waals surface area contributed by atoms with Crippen LogP contribution < -0.4 is 11.0 Å². The molecule has 2 heterocycles. The normalized spacial score (nSPS) is 11.0. The average molecular weight is 309 g/mol. The minimum Gasteiger partial charge on any atom is -0.383 e. The standard InChI is InChI=1S/C13H19N5O2S/c1-3-18-12(19)16-17-13(18)21-11-5-4-10(9-15-11)8-14-6-7-20-2/h4-5,9,14H,3,6-8H2,1-2H3,(H,16,19). The van der Waals surface area contributed by atoms with Gasteiger partial charge in [-0.2, -0.15) is 0 Å². The van der Waals surface area contributed by atoms with Crippen LogP contribution in [0, 0.1) is 0 Å². The number of nitrogens with zero attached hydrogens (tertiary/aromatic N) is 3. The zero-order chi connectivity index (χ0) is 15.1. The number of H-pyrrole nitrogens is 1. The highest BCUT2D eigenvalue weighted by Gasteiger charge is 2.09. The van der Waals surface area contributed by atoms with E-state index in [0.717, 1.165) is 23.7 Å². The van der Waals surface area contributed by atoms with E-state index in [1.165, 1.54) is 11.8 Å². The van der Waals surface area contributed by atoms with Crippen molar-refractivity contribution in [2.24, 2.45) is 0 Å².